The van der Waals surface area contributed by atoms with Gasteiger partial charge in [0.05, 0.1) is 18.5 Å². The van der Waals surface area contributed by atoms with Gasteiger partial charge in [0, 0.05) is 17.2 Å². The number of nitrogens with one attached hydrogen (secondary N) is 1. The Morgan fingerprint density at radius 2 is 1.82 bits per heavy atom. The number of carbonyl (C=O) groups is 1. The molecule has 4 N–H and O–H groups in total. The van der Waals surface area contributed by atoms with Gasteiger partial charge in [-0.05, 0) is 29.8 Å². The van der Waals surface area contributed by atoms with Gasteiger partial charge in [-0.2, -0.15) is 0 Å². The lowest BCUT2D eigenvalue weighted by atomic mass is 10.0. The van der Waals surface area contributed by atoms with Crippen molar-refractivity contribution >= 4 is 17.5 Å². The Labute approximate surface area is 161 Å². The highest BCUT2D eigenvalue weighted by Gasteiger charge is 2.15. The van der Waals surface area contributed by atoms with Gasteiger partial charge in [-0.3, -0.25) is 5.32 Å². The highest BCUT2D eigenvalue weighted by atomic mass is 19.1. The van der Waals surface area contributed by atoms with Gasteiger partial charge in [0.15, 0.2) is 0 Å². The summed E-state index contributed by atoms with van der Waals surface area (Å²) in [6.45, 7) is 0.196. The summed E-state index contributed by atoms with van der Waals surface area (Å²) >= 11 is 0. The molecule has 0 aliphatic rings. The number of nitrogen functional groups attached to an aromatic ring is 1. The summed E-state index contributed by atoms with van der Waals surface area (Å²) in [4.78, 5) is 11.0. The largest absolute Gasteiger partial charge is 0.497 e. The molecule has 0 unspecified atom stereocenters. The summed E-state index contributed by atoms with van der Waals surface area (Å²) < 4.78 is 25.3. The average molecular weight is 382 g/mol. The number of carboxylic acid groups (broad SMARTS) is 1. The molecule has 0 bridgehead atoms. The summed E-state index contributed by atoms with van der Waals surface area (Å²) in [5, 5.41) is 11.2. The van der Waals surface area contributed by atoms with Gasteiger partial charge >= 0.3 is 6.09 Å². The second-order valence-electron chi connectivity index (χ2n) is 5.98. The zero-order valence-electron chi connectivity index (χ0n) is 15.1. The Morgan fingerprint density at radius 1 is 1.11 bits per heavy atom. The zero-order valence-corrected chi connectivity index (χ0v) is 15.1. The van der Waals surface area contributed by atoms with Crippen molar-refractivity contribution in [3.05, 3.63) is 72.0 Å². The molecule has 0 fully saturated rings. The number of anilines is 2. The molecule has 0 aliphatic heterocycles. The van der Waals surface area contributed by atoms with Crippen molar-refractivity contribution in [2.45, 2.75) is 6.61 Å². The quantitative estimate of drug-likeness (QED) is 0.535. The predicted molar refractivity (Wildman–Crippen MR) is 105 cm³/mol. The lowest BCUT2D eigenvalue weighted by Crippen LogP contribution is -2.10. The molecule has 0 heterocycles. The number of amides is 1. The van der Waals surface area contributed by atoms with Crippen LogP contribution in [-0.4, -0.2) is 18.3 Å². The van der Waals surface area contributed by atoms with Gasteiger partial charge < -0.3 is 20.3 Å². The molecule has 0 spiro atoms. The fourth-order valence-corrected chi connectivity index (χ4v) is 2.71. The van der Waals surface area contributed by atoms with Gasteiger partial charge in [0.1, 0.15) is 23.9 Å². The molecular formula is C21H19FN2O4. The highest BCUT2D eigenvalue weighted by molar-refractivity contribution is 5.91. The summed E-state index contributed by atoms with van der Waals surface area (Å²) in [6.07, 6.45) is -1.26. The average Bonchev–Trinajstić information content (AvgIpc) is 2.69. The Bertz CT molecular complexity index is 990. The van der Waals surface area contributed by atoms with Crippen LogP contribution in [0.15, 0.2) is 60.7 Å². The van der Waals surface area contributed by atoms with E-state index < -0.39 is 11.9 Å². The smallest absolute Gasteiger partial charge is 0.409 e. The fraction of sp³-hybridized carbons (Fsp3) is 0.0952. The molecule has 0 aliphatic carbocycles. The van der Waals surface area contributed by atoms with Crippen molar-refractivity contribution in [3.63, 3.8) is 0 Å². The van der Waals surface area contributed by atoms with Crippen LogP contribution >= 0.6 is 0 Å². The van der Waals surface area contributed by atoms with Crippen LogP contribution in [-0.2, 0) is 6.61 Å². The lowest BCUT2D eigenvalue weighted by molar-refractivity contribution is 0.209. The summed E-state index contributed by atoms with van der Waals surface area (Å²) in [5.74, 6) is 0.588. The van der Waals surface area contributed by atoms with Crippen LogP contribution < -0.4 is 20.5 Å². The molecule has 3 aromatic rings. The summed E-state index contributed by atoms with van der Waals surface area (Å²) in [6, 6.07) is 16.5. The fourth-order valence-electron chi connectivity index (χ4n) is 2.71. The number of hydrogen-bond donors (Lipinski definition) is 3. The molecule has 3 aromatic carbocycles. The van der Waals surface area contributed by atoms with Crippen LogP contribution in [0.1, 0.15) is 5.56 Å². The van der Waals surface area contributed by atoms with Crippen molar-refractivity contribution in [1.82, 2.24) is 0 Å². The number of benzene rings is 3. The van der Waals surface area contributed by atoms with Crippen LogP contribution in [0, 0.1) is 5.82 Å². The molecule has 0 saturated carbocycles. The Hall–Kier alpha value is -3.74. The van der Waals surface area contributed by atoms with E-state index in [1.54, 1.807) is 37.4 Å². The van der Waals surface area contributed by atoms with Crippen LogP contribution in [0.25, 0.3) is 11.1 Å². The monoisotopic (exact) mass is 382 g/mol. The third-order valence-electron chi connectivity index (χ3n) is 4.11. The molecule has 28 heavy (non-hydrogen) atoms. The van der Waals surface area contributed by atoms with Gasteiger partial charge in [-0.1, -0.05) is 30.3 Å². The number of hydrogen-bond acceptors (Lipinski definition) is 4. The van der Waals surface area contributed by atoms with E-state index in [0.29, 0.717) is 16.9 Å². The van der Waals surface area contributed by atoms with Crippen molar-refractivity contribution in [3.8, 4) is 22.6 Å². The second-order valence-corrected chi connectivity index (χ2v) is 5.98. The molecular weight excluding hydrogens is 363 g/mol. The Morgan fingerprint density at radius 3 is 2.46 bits per heavy atom. The molecule has 0 radical (unpaired) electrons. The minimum absolute atomic E-state index is 0.164. The molecule has 144 valence electrons. The molecule has 1 amide bonds. The second kappa shape index (κ2) is 8.30. The van der Waals surface area contributed by atoms with Gasteiger partial charge in [-0.15, -0.1) is 0 Å². The van der Waals surface area contributed by atoms with Crippen molar-refractivity contribution in [2.75, 3.05) is 18.2 Å². The van der Waals surface area contributed by atoms with E-state index in [4.69, 9.17) is 20.3 Å². The normalized spacial score (nSPS) is 10.4. The highest BCUT2D eigenvalue weighted by Crippen LogP contribution is 2.38. The molecule has 0 aromatic heterocycles. The third-order valence-corrected chi connectivity index (χ3v) is 4.11. The van der Waals surface area contributed by atoms with Crippen LogP contribution in [0.5, 0.6) is 11.5 Å². The topological polar surface area (TPSA) is 93.8 Å². The maximum Gasteiger partial charge on any atom is 0.409 e. The van der Waals surface area contributed by atoms with Crippen LogP contribution in [0.4, 0.5) is 20.6 Å². The maximum absolute atomic E-state index is 14.3. The van der Waals surface area contributed by atoms with E-state index in [-0.39, 0.29) is 18.0 Å². The van der Waals surface area contributed by atoms with Crippen molar-refractivity contribution < 1.29 is 23.8 Å². The SMILES string of the molecule is COc1ccc(COc2cc(NC(=O)O)c(N)cc2-c2ccccc2F)cc1. The lowest BCUT2D eigenvalue weighted by Gasteiger charge is -2.16. The summed E-state index contributed by atoms with van der Waals surface area (Å²) in [7, 11) is 1.58. The van der Waals surface area contributed by atoms with Gasteiger partial charge in [-0.25, -0.2) is 9.18 Å². The van der Waals surface area contributed by atoms with Gasteiger partial charge in [0.25, 0.3) is 0 Å². The van der Waals surface area contributed by atoms with E-state index in [2.05, 4.69) is 5.32 Å². The van der Waals surface area contributed by atoms with E-state index in [1.807, 2.05) is 12.1 Å². The summed E-state index contributed by atoms with van der Waals surface area (Å²) in [5.41, 5.74) is 7.88. The minimum atomic E-state index is -1.26. The van der Waals surface area contributed by atoms with Crippen LogP contribution in [0.3, 0.4) is 0 Å². The maximum atomic E-state index is 14.3. The van der Waals surface area contributed by atoms with Crippen LogP contribution in [0.2, 0.25) is 0 Å². The number of nitrogens with two attached hydrogens (primary N) is 1. The standard InChI is InChI=1S/C21H19FN2O4/c1-27-14-8-6-13(7-9-14)12-28-20-11-19(24-21(25)26)18(23)10-16(20)15-4-2-3-5-17(15)22/h2-11,24H,12,23H2,1H3,(H,25,26). The van der Waals surface area contributed by atoms with E-state index in [0.717, 1.165) is 11.3 Å². The molecule has 0 atom stereocenters. The Balaban J connectivity index is 1.97. The van der Waals surface area contributed by atoms with E-state index in [1.165, 1.54) is 18.2 Å². The molecule has 6 nitrogen and oxygen atoms in total. The molecule has 3 rings (SSSR count). The third kappa shape index (κ3) is 4.32. The minimum Gasteiger partial charge on any atom is -0.497 e. The van der Waals surface area contributed by atoms with E-state index in [9.17, 15) is 9.18 Å². The first-order valence-electron chi connectivity index (χ1n) is 8.42. The van der Waals surface area contributed by atoms with Crippen molar-refractivity contribution in [2.24, 2.45) is 0 Å². The van der Waals surface area contributed by atoms with E-state index >= 15 is 0 Å². The predicted octanol–water partition coefficient (Wildman–Crippen LogP) is 4.75. The first-order valence-corrected chi connectivity index (χ1v) is 8.42. The number of halogens is 1. The number of rotatable bonds is 6. The first-order chi connectivity index (χ1) is 13.5. The van der Waals surface area contributed by atoms with Crippen molar-refractivity contribution in [1.29, 1.82) is 0 Å². The Kier molecular flexibility index (Phi) is 5.64. The number of methoxy groups -OCH3 is 1. The zero-order chi connectivity index (χ0) is 20.1. The first kappa shape index (κ1) is 19.0. The molecule has 7 heteroatoms. The molecule has 0 saturated heterocycles. The van der Waals surface area contributed by atoms with Gasteiger partial charge in [0.2, 0.25) is 0 Å². The number of ether oxygens (including phenoxy) is 2.